The Kier molecular flexibility index (Phi) is 4.65. The zero-order valence-electron chi connectivity index (χ0n) is 16.1. The molecule has 0 radical (unpaired) electrons. The second kappa shape index (κ2) is 7.14. The zero-order valence-corrected chi connectivity index (χ0v) is 16.8. The predicted molar refractivity (Wildman–Crippen MR) is 111 cm³/mol. The Morgan fingerprint density at radius 3 is 2.63 bits per heavy atom. The third-order valence-corrected chi connectivity index (χ3v) is 6.77. The number of aryl methyl sites for hydroxylation is 1. The fourth-order valence-electron chi connectivity index (χ4n) is 4.80. The summed E-state index contributed by atoms with van der Waals surface area (Å²) < 4.78 is 5.50. The van der Waals surface area contributed by atoms with Crippen LogP contribution in [-0.4, -0.2) is 42.2 Å². The molecule has 0 amide bonds. The van der Waals surface area contributed by atoms with Gasteiger partial charge >= 0.3 is 0 Å². The van der Waals surface area contributed by atoms with Crippen LogP contribution in [0.15, 0.2) is 12.1 Å². The maximum absolute atomic E-state index is 6.39. The van der Waals surface area contributed by atoms with Gasteiger partial charge in [-0.2, -0.15) is 0 Å². The van der Waals surface area contributed by atoms with Gasteiger partial charge in [0.2, 0.25) is 0 Å². The normalized spacial score (nSPS) is 21.3. The third kappa shape index (κ3) is 3.38. The van der Waals surface area contributed by atoms with Gasteiger partial charge in [-0.1, -0.05) is 11.6 Å². The highest BCUT2D eigenvalue weighted by atomic mass is 35.5. The number of ether oxygens (including phenoxy) is 1. The van der Waals surface area contributed by atoms with Crippen molar-refractivity contribution in [2.24, 2.45) is 0 Å². The van der Waals surface area contributed by atoms with Gasteiger partial charge in [-0.05, 0) is 69.1 Å². The first-order valence-corrected chi connectivity index (χ1v) is 10.8. The van der Waals surface area contributed by atoms with E-state index in [0.717, 1.165) is 35.5 Å². The van der Waals surface area contributed by atoms with E-state index >= 15 is 0 Å². The number of aromatic nitrogens is 1. The first kappa shape index (κ1) is 17.6. The van der Waals surface area contributed by atoms with Gasteiger partial charge in [0, 0.05) is 41.9 Å². The maximum atomic E-state index is 6.39. The molecule has 144 valence electrons. The lowest BCUT2D eigenvalue weighted by atomic mass is 9.92. The number of hydrogen-bond donors (Lipinski definition) is 1. The number of nitrogens with one attached hydrogen (secondary N) is 1. The van der Waals surface area contributed by atoms with E-state index in [-0.39, 0.29) is 0 Å². The third-order valence-electron chi connectivity index (χ3n) is 6.48. The minimum Gasteiger partial charge on any atom is -0.495 e. The summed E-state index contributed by atoms with van der Waals surface area (Å²) in [6.45, 7) is 2.45. The Morgan fingerprint density at radius 1 is 1.11 bits per heavy atom. The van der Waals surface area contributed by atoms with E-state index in [2.05, 4.69) is 16.3 Å². The molecule has 4 nitrogen and oxygen atoms in total. The first-order chi connectivity index (χ1) is 13.2. The number of halogens is 1. The summed E-state index contributed by atoms with van der Waals surface area (Å²) >= 11 is 6.39. The molecule has 0 unspecified atom stereocenters. The standard InChI is InChI=1S/C22H28ClN3O/c1-27-21-12-17-20(13-18(21)23)25-19-5-3-2-4-16(19)22(17)24-14-8-10-26(11-9-14)15-6-7-15/h12-15H,2-11H2,1H3,(H,24,25). The number of methoxy groups -OCH3 is 1. The van der Waals surface area contributed by atoms with Crippen LogP contribution in [0.4, 0.5) is 5.69 Å². The van der Waals surface area contributed by atoms with Crippen LogP contribution in [0.5, 0.6) is 5.75 Å². The van der Waals surface area contributed by atoms with Crippen molar-refractivity contribution in [2.75, 3.05) is 25.5 Å². The molecule has 0 spiro atoms. The first-order valence-electron chi connectivity index (χ1n) is 10.4. The van der Waals surface area contributed by atoms with Crippen LogP contribution >= 0.6 is 11.6 Å². The highest BCUT2D eigenvalue weighted by Gasteiger charge is 2.32. The lowest BCUT2D eigenvalue weighted by molar-refractivity contribution is 0.210. The van der Waals surface area contributed by atoms with Crippen LogP contribution in [0.25, 0.3) is 10.9 Å². The second-order valence-electron chi connectivity index (χ2n) is 8.31. The number of likely N-dealkylation sites (tertiary alicyclic amines) is 1. The van der Waals surface area contributed by atoms with Crippen LogP contribution in [-0.2, 0) is 12.8 Å². The Labute approximate surface area is 166 Å². The number of nitrogens with zero attached hydrogens (tertiary/aromatic N) is 2. The molecule has 1 aliphatic heterocycles. The van der Waals surface area contributed by atoms with Gasteiger partial charge in [0.15, 0.2) is 0 Å². The Hall–Kier alpha value is -1.52. The Morgan fingerprint density at radius 2 is 1.89 bits per heavy atom. The van der Waals surface area contributed by atoms with Crippen LogP contribution in [0, 0.1) is 0 Å². The number of piperidine rings is 1. The van der Waals surface area contributed by atoms with Gasteiger partial charge in [0.25, 0.3) is 0 Å². The summed E-state index contributed by atoms with van der Waals surface area (Å²) in [4.78, 5) is 7.64. The molecule has 2 aromatic rings. The smallest absolute Gasteiger partial charge is 0.138 e. The van der Waals surface area contributed by atoms with Gasteiger partial charge in [-0.25, -0.2) is 0 Å². The highest BCUT2D eigenvalue weighted by Crippen LogP contribution is 2.39. The van der Waals surface area contributed by atoms with Crippen molar-refractivity contribution in [1.29, 1.82) is 0 Å². The van der Waals surface area contributed by atoms with E-state index in [0.29, 0.717) is 11.1 Å². The summed E-state index contributed by atoms with van der Waals surface area (Å²) in [5.74, 6) is 0.730. The van der Waals surface area contributed by atoms with Crippen molar-refractivity contribution in [1.82, 2.24) is 9.88 Å². The van der Waals surface area contributed by atoms with Crippen molar-refractivity contribution in [2.45, 2.75) is 63.5 Å². The summed E-state index contributed by atoms with van der Waals surface area (Å²) in [6.07, 6.45) is 9.92. The molecule has 2 aliphatic carbocycles. The molecule has 2 heterocycles. The SMILES string of the molecule is COc1cc2c(NC3CCN(C4CC4)CC3)c3c(nc2cc1Cl)CCCC3. The maximum Gasteiger partial charge on any atom is 0.138 e. The van der Waals surface area contributed by atoms with Gasteiger partial charge < -0.3 is 15.0 Å². The van der Waals surface area contributed by atoms with Gasteiger partial charge in [-0.15, -0.1) is 0 Å². The number of anilines is 1. The average Bonchev–Trinajstić information content (AvgIpc) is 3.53. The van der Waals surface area contributed by atoms with Crippen molar-refractivity contribution in [3.63, 3.8) is 0 Å². The van der Waals surface area contributed by atoms with Crippen molar-refractivity contribution in [3.05, 3.63) is 28.4 Å². The van der Waals surface area contributed by atoms with E-state index in [9.17, 15) is 0 Å². The molecular formula is C22H28ClN3O. The molecule has 1 aromatic carbocycles. The van der Waals surface area contributed by atoms with Gasteiger partial charge in [0.05, 0.1) is 17.6 Å². The fourth-order valence-corrected chi connectivity index (χ4v) is 5.03. The van der Waals surface area contributed by atoms with Crippen molar-refractivity contribution < 1.29 is 4.74 Å². The zero-order chi connectivity index (χ0) is 18.4. The Bertz CT molecular complexity index is 856. The van der Waals surface area contributed by atoms with E-state index in [1.165, 1.54) is 68.6 Å². The molecule has 1 N–H and O–H groups in total. The topological polar surface area (TPSA) is 37.4 Å². The number of benzene rings is 1. The van der Waals surface area contributed by atoms with Crippen LogP contribution in [0.3, 0.4) is 0 Å². The quantitative estimate of drug-likeness (QED) is 0.819. The number of rotatable bonds is 4. The Balaban J connectivity index is 1.50. The molecule has 5 heteroatoms. The summed E-state index contributed by atoms with van der Waals surface area (Å²) in [5.41, 5.74) is 4.95. The minimum absolute atomic E-state index is 0.540. The summed E-state index contributed by atoms with van der Waals surface area (Å²) in [5, 5.41) is 5.73. The van der Waals surface area contributed by atoms with Crippen LogP contribution < -0.4 is 10.1 Å². The lowest BCUT2D eigenvalue weighted by Crippen LogP contribution is -2.40. The molecular weight excluding hydrogens is 358 g/mol. The minimum atomic E-state index is 0.540. The molecule has 2 fully saturated rings. The van der Waals surface area contributed by atoms with E-state index in [1.807, 2.05) is 6.07 Å². The van der Waals surface area contributed by atoms with Crippen molar-refractivity contribution in [3.8, 4) is 5.75 Å². The van der Waals surface area contributed by atoms with Gasteiger partial charge in [-0.3, -0.25) is 4.98 Å². The molecule has 0 bridgehead atoms. The van der Waals surface area contributed by atoms with Gasteiger partial charge in [0.1, 0.15) is 5.75 Å². The number of fused-ring (bicyclic) bond motifs is 2. The fraction of sp³-hybridized carbons (Fsp3) is 0.591. The van der Waals surface area contributed by atoms with E-state index < -0.39 is 0 Å². The molecule has 0 atom stereocenters. The van der Waals surface area contributed by atoms with E-state index in [4.69, 9.17) is 21.3 Å². The average molecular weight is 386 g/mol. The molecule has 3 aliphatic rings. The van der Waals surface area contributed by atoms with E-state index in [1.54, 1.807) is 7.11 Å². The second-order valence-corrected chi connectivity index (χ2v) is 8.72. The predicted octanol–water partition coefficient (Wildman–Crippen LogP) is 4.81. The largest absolute Gasteiger partial charge is 0.495 e. The monoisotopic (exact) mass is 385 g/mol. The lowest BCUT2D eigenvalue weighted by Gasteiger charge is -2.34. The summed E-state index contributed by atoms with van der Waals surface area (Å²) in [6, 6.07) is 5.46. The number of hydrogen-bond acceptors (Lipinski definition) is 4. The number of pyridine rings is 1. The molecule has 1 saturated carbocycles. The van der Waals surface area contributed by atoms with Crippen molar-refractivity contribution >= 4 is 28.2 Å². The van der Waals surface area contributed by atoms with Crippen LogP contribution in [0.1, 0.15) is 49.8 Å². The molecule has 1 saturated heterocycles. The molecule has 5 rings (SSSR count). The molecule has 1 aromatic heterocycles. The van der Waals surface area contributed by atoms with Crippen LogP contribution in [0.2, 0.25) is 5.02 Å². The molecule has 27 heavy (non-hydrogen) atoms. The highest BCUT2D eigenvalue weighted by molar-refractivity contribution is 6.33. The summed E-state index contributed by atoms with van der Waals surface area (Å²) in [7, 11) is 1.68.